The number of hydrogen-bond donors (Lipinski definition) is 5. The van der Waals surface area contributed by atoms with E-state index in [4.69, 9.17) is 44.7 Å². The first kappa shape index (κ1) is 31.7. The van der Waals surface area contributed by atoms with Gasteiger partial charge in [-0.1, -0.05) is 67.6 Å². The minimum Gasteiger partial charge on any atom is -0.473 e. The van der Waals surface area contributed by atoms with Crippen LogP contribution in [0.1, 0.15) is 30.9 Å². The lowest BCUT2D eigenvalue weighted by Gasteiger charge is -2.22. The van der Waals surface area contributed by atoms with Crippen molar-refractivity contribution in [2.24, 2.45) is 0 Å². The van der Waals surface area contributed by atoms with Gasteiger partial charge in [-0.05, 0) is 31.5 Å². The summed E-state index contributed by atoms with van der Waals surface area (Å²) in [6, 6.07) is 21.7. The number of likely N-dealkylation sites (tertiary alicyclic amines) is 1. The Hall–Kier alpha value is -4.55. The van der Waals surface area contributed by atoms with Gasteiger partial charge < -0.3 is 25.7 Å². The number of rotatable bonds is 8. The van der Waals surface area contributed by atoms with Gasteiger partial charge in [-0.2, -0.15) is 5.10 Å². The predicted molar refractivity (Wildman–Crippen MR) is 146 cm³/mol. The van der Waals surface area contributed by atoms with Crippen molar-refractivity contribution in [2.75, 3.05) is 19.6 Å². The average molecular weight is 555 g/mol. The summed E-state index contributed by atoms with van der Waals surface area (Å²) in [6.07, 6.45) is 4.83. The smallest absolute Gasteiger partial charge is 0.414 e. The van der Waals surface area contributed by atoms with Gasteiger partial charge in [-0.25, -0.2) is 19.2 Å². The van der Waals surface area contributed by atoms with Crippen LogP contribution in [0.4, 0.5) is 0 Å². The van der Waals surface area contributed by atoms with Crippen LogP contribution in [0.2, 0.25) is 0 Å². The molecule has 12 heteroatoms. The van der Waals surface area contributed by atoms with E-state index < -0.39 is 23.9 Å². The van der Waals surface area contributed by atoms with Gasteiger partial charge in [-0.15, -0.1) is 0 Å². The van der Waals surface area contributed by atoms with Crippen molar-refractivity contribution in [1.29, 1.82) is 0 Å². The molecule has 4 rings (SSSR count). The van der Waals surface area contributed by atoms with Crippen LogP contribution >= 0.6 is 0 Å². The van der Waals surface area contributed by atoms with E-state index >= 15 is 0 Å². The Kier molecular flexibility index (Phi) is 13.0. The van der Waals surface area contributed by atoms with Crippen molar-refractivity contribution in [2.45, 2.75) is 38.9 Å². The van der Waals surface area contributed by atoms with E-state index in [2.05, 4.69) is 88.7 Å². The van der Waals surface area contributed by atoms with Gasteiger partial charge in [0.25, 0.3) is 0 Å². The second-order valence-corrected chi connectivity index (χ2v) is 8.83. The molecule has 40 heavy (non-hydrogen) atoms. The molecular weight excluding hydrogens is 520 g/mol. The molecule has 1 aliphatic rings. The third kappa shape index (κ3) is 10.7. The van der Waals surface area contributed by atoms with Crippen molar-refractivity contribution < 1.29 is 39.6 Å². The first-order chi connectivity index (χ1) is 19.1. The van der Waals surface area contributed by atoms with Crippen LogP contribution in [0.15, 0.2) is 66.9 Å². The van der Waals surface area contributed by atoms with Crippen LogP contribution in [0.3, 0.4) is 0 Å². The molecule has 214 valence electrons. The van der Waals surface area contributed by atoms with Gasteiger partial charge in [0.05, 0.1) is 12.2 Å². The average Bonchev–Trinajstić information content (AvgIpc) is 3.57. The Morgan fingerprint density at radius 3 is 1.95 bits per heavy atom. The number of benzene rings is 2. The first-order valence-corrected chi connectivity index (χ1v) is 12.6. The van der Waals surface area contributed by atoms with Crippen LogP contribution in [-0.4, -0.2) is 84.7 Å². The van der Waals surface area contributed by atoms with Gasteiger partial charge >= 0.3 is 23.9 Å². The van der Waals surface area contributed by atoms with E-state index in [0.717, 1.165) is 31.9 Å². The standard InChI is InChI=1S/C24H30N4.2C2H2O4/c1-2-27-15-9-14-23(27)17-25-16-22-19-28(18-20-10-5-3-6-11-20)26-24(22)21-12-7-4-8-13-21;2*3-1(4)2(5)6/h3-8,10-13,19,23,25H,2,9,14-18H2,1H3;2*(H,3,4)(H,5,6). The number of carbonyl (C=O) groups is 4. The molecule has 1 saturated heterocycles. The van der Waals surface area contributed by atoms with Crippen molar-refractivity contribution >= 4 is 23.9 Å². The van der Waals surface area contributed by atoms with Crippen molar-refractivity contribution in [3.63, 3.8) is 0 Å². The monoisotopic (exact) mass is 554 g/mol. The van der Waals surface area contributed by atoms with Crippen molar-refractivity contribution in [1.82, 2.24) is 20.0 Å². The number of hydrogen-bond acceptors (Lipinski definition) is 7. The maximum atomic E-state index is 9.10. The lowest BCUT2D eigenvalue weighted by molar-refractivity contribution is -0.159. The van der Waals surface area contributed by atoms with Crippen molar-refractivity contribution in [3.8, 4) is 11.3 Å². The highest BCUT2D eigenvalue weighted by molar-refractivity contribution is 6.27. The number of likely N-dealkylation sites (N-methyl/N-ethyl adjacent to an activating group) is 1. The highest BCUT2D eigenvalue weighted by atomic mass is 16.4. The normalized spacial score (nSPS) is 14.3. The molecule has 2 heterocycles. The lowest BCUT2D eigenvalue weighted by Crippen LogP contribution is -2.37. The van der Waals surface area contributed by atoms with Gasteiger partial charge in [0.1, 0.15) is 0 Å². The van der Waals surface area contributed by atoms with Crippen molar-refractivity contribution in [3.05, 3.63) is 78.0 Å². The topological polar surface area (TPSA) is 182 Å². The Balaban J connectivity index is 0.000000393. The molecule has 0 amide bonds. The maximum Gasteiger partial charge on any atom is 0.414 e. The van der Waals surface area contributed by atoms with Gasteiger partial charge in [0, 0.05) is 36.5 Å². The molecular formula is C28H34N4O8. The first-order valence-electron chi connectivity index (χ1n) is 12.6. The molecule has 5 N–H and O–H groups in total. The minimum atomic E-state index is -1.82. The van der Waals surface area contributed by atoms with Crippen LogP contribution in [0.5, 0.6) is 0 Å². The van der Waals surface area contributed by atoms with Gasteiger partial charge in [-0.3, -0.25) is 9.58 Å². The fourth-order valence-electron chi connectivity index (χ4n) is 4.20. The zero-order valence-corrected chi connectivity index (χ0v) is 22.1. The Bertz CT molecular complexity index is 1200. The molecule has 0 saturated carbocycles. The molecule has 1 aromatic heterocycles. The Labute approximate surface area is 231 Å². The second kappa shape index (κ2) is 16.4. The molecule has 1 fully saturated rings. The largest absolute Gasteiger partial charge is 0.473 e. The third-order valence-electron chi connectivity index (χ3n) is 6.04. The summed E-state index contributed by atoms with van der Waals surface area (Å²) in [7, 11) is 0. The predicted octanol–water partition coefficient (Wildman–Crippen LogP) is 2.48. The SMILES string of the molecule is CCN1CCCC1CNCc1cn(Cc2ccccc2)nc1-c1ccccc1.O=C(O)C(=O)O.O=C(O)C(=O)O. The fourth-order valence-corrected chi connectivity index (χ4v) is 4.20. The van der Waals surface area contributed by atoms with Gasteiger partial charge in [0.2, 0.25) is 0 Å². The summed E-state index contributed by atoms with van der Waals surface area (Å²) >= 11 is 0. The summed E-state index contributed by atoms with van der Waals surface area (Å²) in [4.78, 5) is 39.0. The number of carboxylic acid groups (broad SMARTS) is 4. The zero-order valence-electron chi connectivity index (χ0n) is 22.1. The molecule has 1 atom stereocenters. The Morgan fingerprint density at radius 1 is 0.875 bits per heavy atom. The highest BCUT2D eigenvalue weighted by Gasteiger charge is 2.22. The summed E-state index contributed by atoms with van der Waals surface area (Å²) < 4.78 is 2.07. The summed E-state index contributed by atoms with van der Waals surface area (Å²) in [5.74, 6) is -7.30. The van der Waals surface area contributed by atoms with E-state index in [0.29, 0.717) is 6.04 Å². The minimum absolute atomic E-state index is 0.671. The number of carboxylic acids is 4. The quantitative estimate of drug-likeness (QED) is 0.258. The van der Waals surface area contributed by atoms with Crippen LogP contribution < -0.4 is 5.32 Å². The summed E-state index contributed by atoms with van der Waals surface area (Å²) in [5.41, 5.74) is 4.81. The van der Waals surface area contributed by atoms with E-state index in [1.807, 2.05) is 0 Å². The second-order valence-electron chi connectivity index (χ2n) is 8.83. The molecule has 3 aromatic rings. The number of nitrogens with one attached hydrogen (secondary N) is 1. The molecule has 2 aromatic carbocycles. The summed E-state index contributed by atoms with van der Waals surface area (Å²) in [6.45, 7) is 7.36. The van der Waals surface area contributed by atoms with Crippen LogP contribution in [0.25, 0.3) is 11.3 Å². The van der Waals surface area contributed by atoms with Crippen LogP contribution in [-0.2, 0) is 32.3 Å². The lowest BCUT2D eigenvalue weighted by atomic mass is 10.1. The zero-order chi connectivity index (χ0) is 29.5. The summed E-state index contributed by atoms with van der Waals surface area (Å²) in [5, 5.41) is 38.2. The van der Waals surface area contributed by atoms with E-state index in [1.54, 1.807) is 0 Å². The molecule has 12 nitrogen and oxygen atoms in total. The number of aromatic nitrogens is 2. The highest BCUT2D eigenvalue weighted by Crippen LogP contribution is 2.23. The van der Waals surface area contributed by atoms with E-state index in [1.165, 1.54) is 36.1 Å². The Morgan fingerprint density at radius 2 is 1.43 bits per heavy atom. The van der Waals surface area contributed by atoms with E-state index in [-0.39, 0.29) is 0 Å². The molecule has 1 unspecified atom stereocenters. The fraction of sp³-hybridized carbons (Fsp3) is 0.321. The molecule has 0 radical (unpaired) electrons. The molecule has 0 aliphatic carbocycles. The molecule has 0 spiro atoms. The van der Waals surface area contributed by atoms with Crippen LogP contribution in [0, 0.1) is 0 Å². The third-order valence-corrected chi connectivity index (χ3v) is 6.04. The maximum absolute atomic E-state index is 9.10. The molecule has 0 bridgehead atoms. The molecule has 1 aliphatic heterocycles. The number of aliphatic carboxylic acids is 4. The number of nitrogens with zero attached hydrogens (tertiary/aromatic N) is 3. The van der Waals surface area contributed by atoms with E-state index in [9.17, 15) is 0 Å². The van der Waals surface area contributed by atoms with Gasteiger partial charge in [0.15, 0.2) is 0 Å².